The molecule has 6 heteroatoms. The van der Waals surface area contributed by atoms with E-state index in [1.165, 1.54) is 5.56 Å². The monoisotopic (exact) mass is 486 g/mol. The van der Waals surface area contributed by atoms with E-state index in [0.29, 0.717) is 11.6 Å². The molecule has 0 saturated heterocycles. The second-order valence-corrected chi connectivity index (χ2v) is 11.0. The highest BCUT2D eigenvalue weighted by atomic mass is 35.5. The van der Waals surface area contributed by atoms with Gasteiger partial charge in [0.05, 0.1) is 16.6 Å². The maximum absolute atomic E-state index is 13.4. The van der Waals surface area contributed by atoms with E-state index in [-0.39, 0.29) is 16.9 Å². The highest BCUT2D eigenvalue weighted by molar-refractivity contribution is 7.92. The first kappa shape index (κ1) is 21.3. The van der Waals surface area contributed by atoms with Gasteiger partial charge in [-0.1, -0.05) is 72.3 Å². The van der Waals surface area contributed by atoms with E-state index in [2.05, 4.69) is 34.3 Å². The number of hydrogen-bond acceptors (Lipinski definition) is 3. The molecular formula is C28H23ClN2O2S. The molecule has 1 aliphatic heterocycles. The van der Waals surface area contributed by atoms with E-state index < -0.39 is 10.0 Å². The number of halogens is 1. The lowest BCUT2D eigenvalue weighted by atomic mass is 9.77. The van der Waals surface area contributed by atoms with Crippen LogP contribution < -0.4 is 10.0 Å². The normalized spacial score (nSPS) is 21.0. The maximum atomic E-state index is 13.4. The molecule has 0 amide bonds. The number of hydrogen-bond donors (Lipinski definition) is 2. The Bertz CT molecular complexity index is 1520. The Morgan fingerprint density at radius 2 is 1.71 bits per heavy atom. The van der Waals surface area contributed by atoms with Crippen molar-refractivity contribution >= 4 is 43.8 Å². The minimum Gasteiger partial charge on any atom is -0.378 e. The summed E-state index contributed by atoms with van der Waals surface area (Å²) >= 11 is 6.10. The highest BCUT2D eigenvalue weighted by Gasteiger charge is 2.38. The summed E-state index contributed by atoms with van der Waals surface area (Å²) in [7, 11) is -3.75. The first-order chi connectivity index (χ1) is 16.5. The average molecular weight is 487 g/mol. The Morgan fingerprint density at radius 1 is 0.912 bits per heavy atom. The molecule has 0 saturated carbocycles. The molecule has 1 aliphatic carbocycles. The van der Waals surface area contributed by atoms with Gasteiger partial charge in [-0.3, -0.25) is 4.72 Å². The van der Waals surface area contributed by atoms with Gasteiger partial charge in [-0.05, 0) is 65.3 Å². The number of sulfonamides is 1. The van der Waals surface area contributed by atoms with Crippen molar-refractivity contribution in [2.24, 2.45) is 5.92 Å². The number of nitrogens with one attached hydrogen (secondary N) is 2. The third-order valence-corrected chi connectivity index (χ3v) is 8.52. The Morgan fingerprint density at radius 3 is 2.56 bits per heavy atom. The summed E-state index contributed by atoms with van der Waals surface area (Å²) in [6.07, 6.45) is 5.35. The SMILES string of the molecule is O=S(=O)(Nc1cccc2ccccc12)c1ccc2c(c1)C1C=CCC1[C@@H](c1ccc(Cl)cc1)N2. The van der Waals surface area contributed by atoms with Crippen LogP contribution >= 0.6 is 11.6 Å². The molecule has 170 valence electrons. The van der Waals surface area contributed by atoms with Crippen LogP contribution in [0.25, 0.3) is 10.8 Å². The quantitative estimate of drug-likeness (QED) is 0.302. The lowest BCUT2D eigenvalue weighted by Crippen LogP contribution is -2.29. The molecule has 34 heavy (non-hydrogen) atoms. The fourth-order valence-electron chi connectivity index (χ4n) is 5.26. The fraction of sp³-hybridized carbons (Fsp3) is 0.143. The maximum Gasteiger partial charge on any atom is 0.261 e. The molecule has 0 aromatic heterocycles. The smallest absolute Gasteiger partial charge is 0.261 e. The lowest BCUT2D eigenvalue weighted by Gasteiger charge is -2.37. The Labute approximate surface area is 204 Å². The van der Waals surface area contributed by atoms with E-state index >= 15 is 0 Å². The van der Waals surface area contributed by atoms with Crippen LogP contribution in [-0.2, 0) is 10.0 Å². The van der Waals surface area contributed by atoms with Crippen molar-refractivity contribution in [3.8, 4) is 0 Å². The summed E-state index contributed by atoms with van der Waals surface area (Å²) in [5.41, 5.74) is 3.75. The van der Waals surface area contributed by atoms with E-state index in [1.54, 1.807) is 12.1 Å². The van der Waals surface area contributed by atoms with Gasteiger partial charge in [0.25, 0.3) is 10.0 Å². The number of rotatable bonds is 4. The van der Waals surface area contributed by atoms with Crippen LogP contribution in [0.1, 0.15) is 29.5 Å². The van der Waals surface area contributed by atoms with Crippen molar-refractivity contribution in [3.63, 3.8) is 0 Å². The van der Waals surface area contributed by atoms with Crippen molar-refractivity contribution in [3.05, 3.63) is 113 Å². The second kappa shape index (κ2) is 8.19. The number of allylic oxidation sites excluding steroid dienone is 2. The predicted molar refractivity (Wildman–Crippen MR) is 139 cm³/mol. The largest absolute Gasteiger partial charge is 0.378 e. The third kappa shape index (κ3) is 3.65. The van der Waals surface area contributed by atoms with Gasteiger partial charge in [-0.25, -0.2) is 8.42 Å². The van der Waals surface area contributed by atoms with Crippen molar-refractivity contribution in [2.75, 3.05) is 10.0 Å². The Balaban J connectivity index is 1.36. The van der Waals surface area contributed by atoms with Gasteiger partial charge in [0.15, 0.2) is 0 Å². The molecule has 0 spiro atoms. The molecule has 0 radical (unpaired) electrons. The van der Waals surface area contributed by atoms with Gasteiger partial charge in [-0.2, -0.15) is 0 Å². The van der Waals surface area contributed by atoms with Crippen LogP contribution in [-0.4, -0.2) is 8.42 Å². The zero-order valence-corrected chi connectivity index (χ0v) is 19.9. The highest BCUT2D eigenvalue weighted by Crippen LogP contribution is 2.50. The summed E-state index contributed by atoms with van der Waals surface area (Å²) < 4.78 is 29.6. The molecule has 2 aliphatic rings. The molecule has 2 unspecified atom stereocenters. The zero-order valence-electron chi connectivity index (χ0n) is 18.3. The molecule has 3 atom stereocenters. The van der Waals surface area contributed by atoms with Gasteiger partial charge in [0.2, 0.25) is 0 Å². The summed E-state index contributed by atoms with van der Waals surface area (Å²) in [5.74, 6) is 0.474. The molecule has 2 N–H and O–H groups in total. The first-order valence-electron chi connectivity index (χ1n) is 11.3. The van der Waals surface area contributed by atoms with Crippen LogP contribution in [0.5, 0.6) is 0 Å². The lowest BCUT2D eigenvalue weighted by molar-refractivity contribution is 0.425. The molecule has 4 aromatic carbocycles. The zero-order chi connectivity index (χ0) is 23.3. The number of anilines is 2. The topological polar surface area (TPSA) is 58.2 Å². The van der Waals surface area contributed by atoms with Crippen LogP contribution in [0, 0.1) is 5.92 Å². The Hall–Kier alpha value is -3.28. The molecule has 4 aromatic rings. The predicted octanol–water partition coefficient (Wildman–Crippen LogP) is 7.12. The van der Waals surface area contributed by atoms with Gasteiger partial charge in [-0.15, -0.1) is 0 Å². The van der Waals surface area contributed by atoms with Gasteiger partial charge in [0.1, 0.15) is 0 Å². The van der Waals surface area contributed by atoms with Gasteiger partial charge in [0, 0.05) is 22.0 Å². The van der Waals surface area contributed by atoms with Crippen LogP contribution in [0.4, 0.5) is 11.4 Å². The standard InChI is InChI=1S/C28H23ClN2O2S/c29-20-13-11-19(12-14-20)28-24-9-4-8-23(24)25-17-21(15-16-26(25)30-28)34(32,33)31-27-10-3-6-18-5-1-2-7-22(18)27/h1-8,10-17,23-24,28,30-31H,9H2/t23?,24?,28-/m1/s1. The molecular weight excluding hydrogens is 464 g/mol. The number of benzene rings is 4. The van der Waals surface area contributed by atoms with Crippen molar-refractivity contribution in [2.45, 2.75) is 23.3 Å². The Kier molecular flexibility index (Phi) is 5.12. The first-order valence-corrected chi connectivity index (χ1v) is 13.2. The molecule has 6 rings (SSSR count). The second-order valence-electron chi connectivity index (χ2n) is 8.91. The van der Waals surface area contributed by atoms with Gasteiger partial charge >= 0.3 is 0 Å². The van der Waals surface area contributed by atoms with Crippen LogP contribution in [0.3, 0.4) is 0 Å². The van der Waals surface area contributed by atoms with Crippen molar-refractivity contribution < 1.29 is 8.42 Å². The minimum absolute atomic E-state index is 0.140. The summed E-state index contributed by atoms with van der Waals surface area (Å²) in [4.78, 5) is 0.268. The average Bonchev–Trinajstić information content (AvgIpc) is 3.34. The van der Waals surface area contributed by atoms with Crippen molar-refractivity contribution in [1.29, 1.82) is 0 Å². The van der Waals surface area contributed by atoms with Crippen molar-refractivity contribution in [1.82, 2.24) is 0 Å². The van der Waals surface area contributed by atoms with E-state index in [0.717, 1.165) is 33.5 Å². The summed E-state index contributed by atoms with van der Waals surface area (Å²) in [6, 6.07) is 26.9. The number of fused-ring (bicyclic) bond motifs is 4. The minimum atomic E-state index is -3.75. The van der Waals surface area contributed by atoms with Crippen LogP contribution in [0.15, 0.2) is 102 Å². The third-order valence-electron chi connectivity index (χ3n) is 6.91. The molecule has 4 nitrogen and oxygen atoms in total. The van der Waals surface area contributed by atoms with Crippen LogP contribution in [0.2, 0.25) is 5.02 Å². The van der Waals surface area contributed by atoms with E-state index in [9.17, 15) is 8.42 Å². The van der Waals surface area contributed by atoms with Gasteiger partial charge < -0.3 is 5.32 Å². The van der Waals surface area contributed by atoms with E-state index in [4.69, 9.17) is 11.6 Å². The molecule has 1 heterocycles. The molecule has 0 bridgehead atoms. The fourth-order valence-corrected chi connectivity index (χ4v) is 6.50. The summed E-state index contributed by atoms with van der Waals surface area (Å²) in [5, 5.41) is 6.24. The van der Waals surface area contributed by atoms with E-state index in [1.807, 2.05) is 60.7 Å². The summed E-state index contributed by atoms with van der Waals surface area (Å²) in [6.45, 7) is 0. The molecule has 0 fully saturated rings.